The zero-order valence-electron chi connectivity index (χ0n) is 9.02. The smallest absolute Gasteiger partial charge is 0.317 e. The minimum atomic E-state index is -1.07. The largest absolute Gasteiger partial charge is 0.481 e. The molecule has 88 valence electrons. The predicted molar refractivity (Wildman–Crippen MR) is 63.5 cm³/mol. The third-order valence-corrected chi connectivity index (χ3v) is 4.05. The van der Waals surface area contributed by atoms with E-state index in [1.54, 1.807) is 11.8 Å². The van der Waals surface area contributed by atoms with Crippen LogP contribution in [0.25, 0.3) is 0 Å². The Bertz CT molecular complexity index is 235. The zero-order chi connectivity index (χ0) is 12.1. The zero-order valence-corrected chi connectivity index (χ0v) is 10.7. The van der Waals surface area contributed by atoms with Crippen molar-refractivity contribution in [2.24, 2.45) is 0 Å². The fourth-order valence-corrected chi connectivity index (χ4v) is 3.42. The van der Waals surface area contributed by atoms with E-state index < -0.39 is 17.2 Å². The first-order valence-corrected chi connectivity index (χ1v) is 6.46. The van der Waals surface area contributed by atoms with Crippen LogP contribution in [-0.4, -0.2) is 37.2 Å². The Morgan fingerprint density at radius 3 is 2.13 bits per heavy atom. The summed E-state index contributed by atoms with van der Waals surface area (Å²) in [6, 6.07) is 0. The van der Waals surface area contributed by atoms with Crippen LogP contribution in [0.4, 0.5) is 0 Å². The maximum Gasteiger partial charge on any atom is 0.317 e. The van der Waals surface area contributed by atoms with Crippen molar-refractivity contribution in [3.05, 3.63) is 0 Å². The number of carboxylic acid groups (broad SMARTS) is 2. The van der Waals surface area contributed by atoms with E-state index in [1.165, 1.54) is 11.8 Å². The Hall–Kier alpha value is -0.360. The summed E-state index contributed by atoms with van der Waals surface area (Å²) in [5.41, 5.74) is 0. The molecule has 0 saturated heterocycles. The summed E-state index contributed by atoms with van der Waals surface area (Å²) >= 11 is 2.78. The quantitative estimate of drug-likeness (QED) is 0.705. The highest BCUT2D eigenvalue weighted by atomic mass is 32.2. The number of thioether (sulfide) groups is 2. The van der Waals surface area contributed by atoms with E-state index in [-0.39, 0.29) is 11.2 Å². The van der Waals surface area contributed by atoms with Gasteiger partial charge in [0.05, 0.1) is 6.42 Å². The van der Waals surface area contributed by atoms with Gasteiger partial charge in [0.2, 0.25) is 0 Å². The molecule has 1 atom stereocenters. The van der Waals surface area contributed by atoms with Gasteiger partial charge >= 0.3 is 11.9 Å². The van der Waals surface area contributed by atoms with Crippen molar-refractivity contribution >= 4 is 35.5 Å². The van der Waals surface area contributed by atoms with E-state index in [9.17, 15) is 9.59 Å². The molecule has 2 N–H and O–H groups in total. The molecule has 0 amide bonds. The fourth-order valence-electron chi connectivity index (χ4n) is 0.669. The SMILES string of the molecule is CC(C)(C)SCSC(CC(=O)O)C(=O)O. The lowest BCUT2D eigenvalue weighted by molar-refractivity contribution is -0.142. The Morgan fingerprint density at radius 1 is 1.27 bits per heavy atom. The van der Waals surface area contributed by atoms with Crippen LogP contribution in [0.5, 0.6) is 0 Å². The number of hydrogen-bond acceptors (Lipinski definition) is 4. The minimum Gasteiger partial charge on any atom is -0.481 e. The Labute approximate surface area is 97.8 Å². The van der Waals surface area contributed by atoms with Crippen molar-refractivity contribution in [2.75, 3.05) is 5.08 Å². The molecule has 0 bridgehead atoms. The van der Waals surface area contributed by atoms with Crippen molar-refractivity contribution in [1.82, 2.24) is 0 Å². The third kappa shape index (κ3) is 8.62. The minimum absolute atomic E-state index is 0.0687. The summed E-state index contributed by atoms with van der Waals surface area (Å²) in [5.74, 6) is -2.13. The van der Waals surface area contributed by atoms with Crippen molar-refractivity contribution in [3.8, 4) is 0 Å². The Kier molecular flexibility index (Phi) is 6.12. The van der Waals surface area contributed by atoms with Gasteiger partial charge in [-0.3, -0.25) is 9.59 Å². The van der Waals surface area contributed by atoms with E-state index in [0.717, 1.165) is 0 Å². The van der Waals surface area contributed by atoms with Crippen LogP contribution in [-0.2, 0) is 9.59 Å². The molecule has 0 radical (unpaired) electrons. The van der Waals surface area contributed by atoms with E-state index in [0.29, 0.717) is 5.08 Å². The van der Waals surface area contributed by atoms with Crippen LogP contribution in [0.2, 0.25) is 0 Å². The Morgan fingerprint density at radius 2 is 1.80 bits per heavy atom. The van der Waals surface area contributed by atoms with Crippen LogP contribution in [0.1, 0.15) is 27.2 Å². The first-order chi connectivity index (χ1) is 6.72. The van der Waals surface area contributed by atoms with Crippen molar-refractivity contribution in [2.45, 2.75) is 37.2 Å². The molecule has 0 aromatic heterocycles. The highest BCUT2D eigenvalue weighted by Crippen LogP contribution is 2.29. The predicted octanol–water partition coefficient (Wildman–Crippen LogP) is 2.14. The Balaban J connectivity index is 3.98. The van der Waals surface area contributed by atoms with Crippen LogP contribution >= 0.6 is 23.5 Å². The monoisotopic (exact) mass is 252 g/mol. The number of carbonyl (C=O) groups is 2. The molecule has 6 heteroatoms. The van der Waals surface area contributed by atoms with Gasteiger partial charge in [0, 0.05) is 9.83 Å². The fraction of sp³-hybridized carbons (Fsp3) is 0.778. The summed E-state index contributed by atoms with van der Waals surface area (Å²) < 4.78 is 0.0687. The molecule has 0 rings (SSSR count). The van der Waals surface area contributed by atoms with E-state index >= 15 is 0 Å². The molecule has 1 unspecified atom stereocenters. The summed E-state index contributed by atoms with van der Waals surface area (Å²) in [4.78, 5) is 21.1. The van der Waals surface area contributed by atoms with Gasteiger partial charge < -0.3 is 10.2 Å². The van der Waals surface area contributed by atoms with Crippen LogP contribution in [0.3, 0.4) is 0 Å². The molecule has 0 aromatic rings. The maximum atomic E-state index is 10.7. The van der Waals surface area contributed by atoms with E-state index in [4.69, 9.17) is 10.2 Å². The normalized spacial score (nSPS) is 13.5. The van der Waals surface area contributed by atoms with Gasteiger partial charge in [-0.25, -0.2) is 0 Å². The molecule has 0 fully saturated rings. The molecular weight excluding hydrogens is 236 g/mol. The van der Waals surface area contributed by atoms with Crippen LogP contribution in [0, 0.1) is 0 Å². The van der Waals surface area contributed by atoms with Gasteiger partial charge in [0.1, 0.15) is 5.25 Å². The third-order valence-electron chi connectivity index (χ3n) is 1.40. The van der Waals surface area contributed by atoms with Crippen LogP contribution < -0.4 is 0 Å². The van der Waals surface area contributed by atoms with Crippen molar-refractivity contribution in [1.29, 1.82) is 0 Å². The number of aliphatic carboxylic acids is 2. The van der Waals surface area contributed by atoms with Gasteiger partial charge in [0.25, 0.3) is 0 Å². The summed E-state index contributed by atoms with van der Waals surface area (Å²) in [7, 11) is 0. The molecule has 0 aromatic carbocycles. The lowest BCUT2D eigenvalue weighted by Crippen LogP contribution is -2.21. The standard InChI is InChI=1S/C9H16O4S2/c1-9(2,3)15-5-14-6(8(12)13)4-7(10)11/h6H,4-5H2,1-3H3,(H,10,11)(H,12,13). The highest BCUT2D eigenvalue weighted by Gasteiger charge is 2.22. The second kappa shape index (κ2) is 6.27. The number of hydrogen-bond donors (Lipinski definition) is 2. The van der Waals surface area contributed by atoms with Crippen LogP contribution in [0.15, 0.2) is 0 Å². The molecule has 0 spiro atoms. The first-order valence-electron chi connectivity index (χ1n) is 4.42. The lowest BCUT2D eigenvalue weighted by Gasteiger charge is -2.18. The summed E-state index contributed by atoms with van der Waals surface area (Å²) in [6.45, 7) is 6.10. The van der Waals surface area contributed by atoms with Crippen molar-refractivity contribution in [3.63, 3.8) is 0 Å². The molecule has 0 aliphatic rings. The van der Waals surface area contributed by atoms with Gasteiger partial charge in [-0.2, -0.15) is 0 Å². The van der Waals surface area contributed by atoms with Gasteiger partial charge in [-0.05, 0) is 0 Å². The van der Waals surface area contributed by atoms with Gasteiger partial charge in [-0.1, -0.05) is 20.8 Å². The molecule has 0 saturated carbocycles. The second-order valence-corrected chi connectivity index (χ2v) is 7.32. The average Bonchev–Trinajstić information content (AvgIpc) is 1.99. The summed E-state index contributed by atoms with van der Waals surface area (Å²) in [5, 5.41) is 17.0. The first kappa shape index (κ1) is 14.6. The lowest BCUT2D eigenvalue weighted by atomic mass is 10.3. The van der Waals surface area contributed by atoms with E-state index in [2.05, 4.69) is 0 Å². The molecule has 15 heavy (non-hydrogen) atoms. The van der Waals surface area contributed by atoms with E-state index in [1.807, 2.05) is 20.8 Å². The number of rotatable bonds is 6. The van der Waals surface area contributed by atoms with Gasteiger partial charge in [-0.15, -0.1) is 23.5 Å². The second-order valence-electron chi connectivity index (χ2n) is 3.97. The van der Waals surface area contributed by atoms with Gasteiger partial charge in [0.15, 0.2) is 0 Å². The van der Waals surface area contributed by atoms with Crippen molar-refractivity contribution < 1.29 is 19.8 Å². The average molecular weight is 252 g/mol. The topological polar surface area (TPSA) is 74.6 Å². The molecule has 0 aliphatic heterocycles. The molecule has 4 nitrogen and oxygen atoms in total. The highest BCUT2D eigenvalue weighted by molar-refractivity contribution is 8.17. The molecule has 0 heterocycles. The maximum absolute atomic E-state index is 10.7. The number of carboxylic acids is 2. The molecular formula is C9H16O4S2. The summed E-state index contributed by atoms with van der Waals surface area (Å²) in [6.07, 6.45) is -0.329. The molecule has 0 aliphatic carbocycles.